The lowest BCUT2D eigenvalue weighted by Crippen LogP contribution is -2.16. The predicted molar refractivity (Wildman–Crippen MR) is 38.5 cm³/mol. The van der Waals surface area contributed by atoms with Crippen molar-refractivity contribution in [3.63, 3.8) is 0 Å². The molecule has 0 unspecified atom stereocenters. The first-order valence-electron chi connectivity index (χ1n) is 2.92. The second-order valence-corrected chi connectivity index (χ2v) is 3.06. The van der Waals surface area contributed by atoms with Gasteiger partial charge in [0.1, 0.15) is 0 Å². The molecule has 0 aromatic carbocycles. The van der Waals surface area contributed by atoms with Crippen LogP contribution in [0.4, 0.5) is 0 Å². The summed E-state index contributed by atoms with van der Waals surface area (Å²) in [5.74, 6) is 0. The summed E-state index contributed by atoms with van der Waals surface area (Å²) < 4.78 is 0. The van der Waals surface area contributed by atoms with E-state index >= 15 is 0 Å². The summed E-state index contributed by atoms with van der Waals surface area (Å²) in [6.45, 7) is 8.54. The van der Waals surface area contributed by atoms with Crippen LogP contribution in [-0.4, -0.2) is 12.8 Å². The molecule has 0 aromatic rings. The lowest BCUT2D eigenvalue weighted by atomic mass is 9.91. The topological polar surface area (TPSA) is 12.4 Å². The van der Waals surface area contributed by atoms with Crippen molar-refractivity contribution in [2.45, 2.75) is 27.7 Å². The summed E-state index contributed by atoms with van der Waals surface area (Å²) in [4.78, 5) is 4.08. The Morgan fingerprint density at radius 1 is 1.25 bits per heavy atom. The SMILES string of the molecule is C/N=C(\C)C(C)(C)C. The first kappa shape index (κ1) is 7.67. The molecule has 8 heavy (non-hydrogen) atoms. The molecule has 0 atom stereocenters. The second kappa shape index (κ2) is 2.29. The van der Waals surface area contributed by atoms with E-state index < -0.39 is 0 Å². The molecule has 0 saturated heterocycles. The van der Waals surface area contributed by atoms with Crippen molar-refractivity contribution in [1.29, 1.82) is 0 Å². The minimum Gasteiger partial charge on any atom is -0.297 e. The van der Waals surface area contributed by atoms with E-state index in [0.717, 1.165) is 0 Å². The maximum absolute atomic E-state index is 4.08. The smallest absolute Gasteiger partial charge is 0.0276 e. The average Bonchev–Trinajstić information content (AvgIpc) is 1.62. The zero-order valence-electron chi connectivity index (χ0n) is 6.45. The molecule has 0 saturated carbocycles. The Hall–Kier alpha value is -0.330. The van der Waals surface area contributed by atoms with Gasteiger partial charge in [0.05, 0.1) is 0 Å². The highest BCUT2D eigenvalue weighted by atomic mass is 14.7. The molecule has 0 aromatic heterocycles. The predicted octanol–water partition coefficient (Wildman–Crippen LogP) is 2.12. The van der Waals surface area contributed by atoms with E-state index in [1.54, 1.807) is 0 Å². The van der Waals surface area contributed by atoms with Crippen LogP contribution < -0.4 is 0 Å². The lowest BCUT2D eigenvalue weighted by molar-refractivity contribution is 0.587. The highest BCUT2D eigenvalue weighted by molar-refractivity contribution is 5.86. The van der Waals surface area contributed by atoms with E-state index in [-0.39, 0.29) is 5.41 Å². The summed E-state index contributed by atoms with van der Waals surface area (Å²) >= 11 is 0. The van der Waals surface area contributed by atoms with Gasteiger partial charge in [-0.05, 0) is 12.3 Å². The van der Waals surface area contributed by atoms with Gasteiger partial charge in [0.2, 0.25) is 0 Å². The molecule has 48 valence electrons. The molecule has 0 spiro atoms. The minimum absolute atomic E-state index is 0.259. The lowest BCUT2D eigenvalue weighted by Gasteiger charge is -2.16. The number of nitrogens with zero attached hydrogens (tertiary/aromatic N) is 1. The van der Waals surface area contributed by atoms with Gasteiger partial charge in [-0.1, -0.05) is 20.8 Å². The van der Waals surface area contributed by atoms with Crippen molar-refractivity contribution >= 4 is 5.71 Å². The highest BCUT2D eigenvalue weighted by Crippen LogP contribution is 2.14. The fourth-order valence-electron chi connectivity index (χ4n) is 0.335. The van der Waals surface area contributed by atoms with Gasteiger partial charge in [-0.2, -0.15) is 0 Å². The molecular weight excluding hydrogens is 98.1 g/mol. The van der Waals surface area contributed by atoms with Crippen molar-refractivity contribution in [3.05, 3.63) is 0 Å². The van der Waals surface area contributed by atoms with Crippen molar-refractivity contribution in [2.75, 3.05) is 7.05 Å². The fraction of sp³-hybridized carbons (Fsp3) is 0.857. The van der Waals surface area contributed by atoms with E-state index in [2.05, 4.69) is 32.7 Å². The van der Waals surface area contributed by atoms with Crippen LogP contribution in [0, 0.1) is 5.41 Å². The van der Waals surface area contributed by atoms with E-state index in [0.29, 0.717) is 0 Å². The molecule has 0 fully saturated rings. The number of hydrogen-bond donors (Lipinski definition) is 0. The van der Waals surface area contributed by atoms with E-state index in [9.17, 15) is 0 Å². The van der Waals surface area contributed by atoms with Crippen LogP contribution in [0.3, 0.4) is 0 Å². The second-order valence-electron chi connectivity index (χ2n) is 3.06. The van der Waals surface area contributed by atoms with Crippen molar-refractivity contribution in [3.8, 4) is 0 Å². The van der Waals surface area contributed by atoms with Crippen LogP contribution >= 0.6 is 0 Å². The quantitative estimate of drug-likeness (QED) is 0.427. The molecule has 0 aliphatic heterocycles. The van der Waals surface area contributed by atoms with Crippen LogP contribution in [0.2, 0.25) is 0 Å². The summed E-state index contributed by atoms with van der Waals surface area (Å²) in [5.41, 5.74) is 1.46. The summed E-state index contributed by atoms with van der Waals surface area (Å²) in [7, 11) is 1.83. The Bertz CT molecular complexity index is 95.4. The fourth-order valence-corrected chi connectivity index (χ4v) is 0.335. The zero-order chi connectivity index (χ0) is 6.78. The number of rotatable bonds is 0. The Kier molecular flexibility index (Phi) is 2.20. The summed E-state index contributed by atoms with van der Waals surface area (Å²) in [6.07, 6.45) is 0. The molecule has 0 N–H and O–H groups in total. The molecule has 1 nitrogen and oxygen atoms in total. The average molecular weight is 113 g/mol. The highest BCUT2D eigenvalue weighted by Gasteiger charge is 2.12. The maximum atomic E-state index is 4.08. The van der Waals surface area contributed by atoms with Crippen molar-refractivity contribution < 1.29 is 0 Å². The van der Waals surface area contributed by atoms with Crippen LogP contribution in [0.1, 0.15) is 27.7 Å². The van der Waals surface area contributed by atoms with Crippen molar-refractivity contribution in [1.82, 2.24) is 0 Å². The van der Waals surface area contributed by atoms with Gasteiger partial charge < -0.3 is 0 Å². The monoisotopic (exact) mass is 113 g/mol. The zero-order valence-corrected chi connectivity index (χ0v) is 6.45. The van der Waals surface area contributed by atoms with Gasteiger partial charge in [0, 0.05) is 12.8 Å². The molecule has 0 aliphatic carbocycles. The molecule has 0 radical (unpaired) electrons. The van der Waals surface area contributed by atoms with Crippen LogP contribution in [0.25, 0.3) is 0 Å². The molecule has 0 bridgehead atoms. The Labute approximate surface area is 51.8 Å². The van der Waals surface area contributed by atoms with E-state index in [1.165, 1.54) is 5.71 Å². The standard InChI is InChI=1S/C7H15N/c1-6(8-5)7(2,3)4/h1-5H3/b8-6+. The van der Waals surface area contributed by atoms with Crippen LogP contribution in [0.5, 0.6) is 0 Å². The largest absolute Gasteiger partial charge is 0.297 e. The van der Waals surface area contributed by atoms with Crippen LogP contribution in [-0.2, 0) is 0 Å². The van der Waals surface area contributed by atoms with Gasteiger partial charge in [-0.3, -0.25) is 4.99 Å². The first-order valence-corrected chi connectivity index (χ1v) is 2.92. The summed E-state index contributed by atoms with van der Waals surface area (Å²) in [5, 5.41) is 0. The van der Waals surface area contributed by atoms with E-state index in [4.69, 9.17) is 0 Å². The third-order valence-corrected chi connectivity index (χ3v) is 1.42. The third kappa shape index (κ3) is 2.10. The third-order valence-electron chi connectivity index (χ3n) is 1.42. The van der Waals surface area contributed by atoms with Gasteiger partial charge in [-0.25, -0.2) is 0 Å². The minimum atomic E-state index is 0.259. The maximum Gasteiger partial charge on any atom is 0.0276 e. The van der Waals surface area contributed by atoms with Gasteiger partial charge in [-0.15, -0.1) is 0 Å². The summed E-state index contributed by atoms with van der Waals surface area (Å²) in [6, 6.07) is 0. The Morgan fingerprint density at radius 3 is 1.62 bits per heavy atom. The number of aliphatic imine (C=N–C) groups is 1. The number of hydrogen-bond acceptors (Lipinski definition) is 1. The van der Waals surface area contributed by atoms with Gasteiger partial charge in [0.15, 0.2) is 0 Å². The molecule has 0 heterocycles. The molecule has 1 heteroatoms. The molecular formula is C7H15N. The first-order chi connectivity index (χ1) is 3.48. The van der Waals surface area contributed by atoms with Gasteiger partial charge in [0.25, 0.3) is 0 Å². The molecule has 0 amide bonds. The molecule has 0 rings (SSSR count). The van der Waals surface area contributed by atoms with Gasteiger partial charge >= 0.3 is 0 Å². The normalized spacial score (nSPS) is 14.4. The van der Waals surface area contributed by atoms with Crippen LogP contribution in [0.15, 0.2) is 4.99 Å². The van der Waals surface area contributed by atoms with Crippen molar-refractivity contribution in [2.24, 2.45) is 10.4 Å². The molecule has 0 aliphatic rings. The van der Waals surface area contributed by atoms with E-state index in [1.807, 2.05) is 7.05 Å². The Balaban J connectivity index is 4.03. The Morgan fingerprint density at radius 2 is 1.62 bits per heavy atom.